The van der Waals surface area contributed by atoms with Gasteiger partial charge in [-0.1, -0.05) is 46.6 Å². The van der Waals surface area contributed by atoms with Crippen molar-refractivity contribution in [2.75, 3.05) is 18.4 Å². The third kappa shape index (κ3) is 5.66. The van der Waals surface area contributed by atoms with Gasteiger partial charge in [0.15, 0.2) is 10.7 Å². The molecule has 3 aromatic rings. The second-order valence-corrected chi connectivity index (χ2v) is 12.0. The molecule has 1 N–H and O–H groups in total. The lowest BCUT2D eigenvalue weighted by Crippen LogP contribution is -2.41. The van der Waals surface area contributed by atoms with E-state index in [4.69, 9.17) is 16.1 Å². The Morgan fingerprint density at radius 3 is 2.38 bits per heavy atom. The van der Waals surface area contributed by atoms with Crippen LogP contribution >= 0.6 is 11.6 Å². The molecule has 0 bridgehead atoms. The van der Waals surface area contributed by atoms with E-state index in [2.05, 4.69) is 22.6 Å². The predicted octanol–water partition coefficient (Wildman–Crippen LogP) is 6.08. The number of aromatic nitrogens is 1. The van der Waals surface area contributed by atoms with E-state index in [1.165, 1.54) is 9.87 Å². The molecule has 0 atom stereocenters. The zero-order chi connectivity index (χ0) is 26.9. The number of carbonyl (C=O) groups excluding carboxylic acids is 1. The first-order chi connectivity index (χ1) is 17.5. The van der Waals surface area contributed by atoms with E-state index in [-0.39, 0.29) is 35.6 Å². The number of amides is 1. The Bertz CT molecular complexity index is 1450. The van der Waals surface area contributed by atoms with Gasteiger partial charge in [-0.05, 0) is 87.9 Å². The molecule has 37 heavy (non-hydrogen) atoms. The van der Waals surface area contributed by atoms with Crippen molar-refractivity contribution in [1.82, 2.24) is 9.46 Å². The van der Waals surface area contributed by atoms with Crippen LogP contribution in [0.2, 0.25) is 5.02 Å². The van der Waals surface area contributed by atoms with Gasteiger partial charge in [-0.25, -0.2) is 8.42 Å². The third-order valence-corrected chi connectivity index (χ3v) is 9.39. The number of rotatable bonds is 6. The number of carbonyl (C=O) groups is 1. The van der Waals surface area contributed by atoms with Crippen LogP contribution in [-0.4, -0.2) is 36.9 Å². The Hall–Kier alpha value is -2.94. The van der Waals surface area contributed by atoms with Gasteiger partial charge in [-0.2, -0.15) is 4.31 Å². The maximum Gasteiger partial charge on any atom is 0.248 e. The highest BCUT2D eigenvalue weighted by molar-refractivity contribution is 7.89. The first-order valence-electron chi connectivity index (χ1n) is 12.3. The van der Waals surface area contributed by atoms with Crippen molar-refractivity contribution >= 4 is 45.4 Å². The van der Waals surface area contributed by atoms with Gasteiger partial charge in [0.2, 0.25) is 15.9 Å². The van der Waals surface area contributed by atoms with Crippen LogP contribution in [0.5, 0.6) is 0 Å². The minimum atomic E-state index is -3.86. The number of aryl methyl sites for hydroxylation is 4. The van der Waals surface area contributed by atoms with Gasteiger partial charge in [0.05, 0.1) is 0 Å². The zero-order valence-electron chi connectivity index (χ0n) is 21.8. The summed E-state index contributed by atoms with van der Waals surface area (Å²) in [5.74, 6) is -0.218. The van der Waals surface area contributed by atoms with Crippen LogP contribution in [0.4, 0.5) is 5.69 Å². The number of piperidine rings is 1. The standard InChI is InChI=1S/C28H32ClN3O4S/c1-17-15-18(2)23(19(3)16-17)9-10-26-27(21(5)31-36-26)37(34,35)32-13-11-22(12-14-32)28(33)30-25-8-6-7-24(29)20(25)4/h6-10,15-16,22H,11-14H2,1-5H3,(H,30,33). The van der Waals surface area contributed by atoms with Crippen molar-refractivity contribution in [1.29, 1.82) is 0 Å². The molecule has 4 rings (SSSR count). The Labute approximate surface area is 223 Å². The molecule has 196 valence electrons. The Morgan fingerprint density at radius 2 is 1.73 bits per heavy atom. The minimum absolute atomic E-state index is 0.0728. The minimum Gasteiger partial charge on any atom is -0.355 e. The van der Waals surface area contributed by atoms with E-state index in [1.807, 2.05) is 39.8 Å². The zero-order valence-corrected chi connectivity index (χ0v) is 23.3. The molecule has 0 aliphatic carbocycles. The Balaban J connectivity index is 1.49. The molecular weight excluding hydrogens is 510 g/mol. The molecule has 1 saturated heterocycles. The SMILES string of the molecule is Cc1cc(C)c(C=Cc2onc(C)c2S(=O)(=O)N2CCC(C(=O)Nc3cccc(Cl)c3C)CC2)c(C)c1. The molecule has 1 aromatic heterocycles. The van der Waals surface area contributed by atoms with Crippen molar-refractivity contribution in [3.63, 3.8) is 0 Å². The van der Waals surface area contributed by atoms with Crippen molar-refractivity contribution < 1.29 is 17.7 Å². The Kier molecular flexibility index (Phi) is 7.92. The number of anilines is 1. The summed E-state index contributed by atoms with van der Waals surface area (Å²) >= 11 is 6.16. The number of hydrogen-bond acceptors (Lipinski definition) is 5. The summed E-state index contributed by atoms with van der Waals surface area (Å²) in [6.07, 6.45) is 4.38. The maximum absolute atomic E-state index is 13.6. The number of hydrogen-bond donors (Lipinski definition) is 1. The van der Waals surface area contributed by atoms with Crippen molar-refractivity contribution in [2.45, 2.75) is 52.4 Å². The molecular formula is C28H32ClN3O4S. The molecule has 9 heteroatoms. The molecule has 0 unspecified atom stereocenters. The number of nitrogens with one attached hydrogen (secondary N) is 1. The smallest absolute Gasteiger partial charge is 0.248 e. The quantitative estimate of drug-likeness (QED) is 0.408. The average Bonchev–Trinajstić information content (AvgIpc) is 3.22. The molecule has 1 amide bonds. The fourth-order valence-corrected chi connectivity index (χ4v) is 6.77. The van der Waals surface area contributed by atoms with Gasteiger partial charge in [0.1, 0.15) is 5.69 Å². The van der Waals surface area contributed by atoms with Crippen LogP contribution in [0.15, 0.2) is 39.8 Å². The first-order valence-corrected chi connectivity index (χ1v) is 14.1. The van der Waals surface area contributed by atoms with Crippen molar-refractivity contribution in [2.24, 2.45) is 5.92 Å². The molecule has 1 aliphatic rings. The normalized spacial score (nSPS) is 15.4. The topological polar surface area (TPSA) is 92.5 Å². The van der Waals surface area contributed by atoms with Gasteiger partial charge in [0, 0.05) is 29.7 Å². The van der Waals surface area contributed by atoms with Crippen LogP contribution in [0, 0.1) is 40.5 Å². The second kappa shape index (κ2) is 10.8. The summed E-state index contributed by atoms with van der Waals surface area (Å²) in [5.41, 5.74) is 6.18. The van der Waals surface area contributed by atoms with E-state index in [9.17, 15) is 13.2 Å². The molecule has 2 aromatic carbocycles. The third-order valence-electron chi connectivity index (χ3n) is 6.92. The Morgan fingerprint density at radius 1 is 1.08 bits per heavy atom. The lowest BCUT2D eigenvalue weighted by Gasteiger charge is -2.30. The van der Waals surface area contributed by atoms with Crippen LogP contribution in [0.25, 0.3) is 12.2 Å². The summed E-state index contributed by atoms with van der Waals surface area (Å²) in [4.78, 5) is 12.9. The summed E-state index contributed by atoms with van der Waals surface area (Å²) in [5, 5.41) is 7.47. The van der Waals surface area contributed by atoms with Crippen molar-refractivity contribution in [3.8, 4) is 0 Å². The first kappa shape index (κ1) is 27.1. The molecule has 1 fully saturated rings. The average molecular weight is 542 g/mol. The summed E-state index contributed by atoms with van der Waals surface area (Å²) in [7, 11) is -3.86. The number of benzene rings is 2. The number of nitrogens with zero attached hydrogens (tertiary/aromatic N) is 2. The predicted molar refractivity (Wildman–Crippen MR) is 147 cm³/mol. The summed E-state index contributed by atoms with van der Waals surface area (Å²) < 4.78 is 34.1. The van der Waals surface area contributed by atoms with Gasteiger partial charge in [-0.15, -0.1) is 0 Å². The van der Waals surface area contributed by atoms with Crippen LogP contribution in [-0.2, 0) is 14.8 Å². The highest BCUT2D eigenvalue weighted by Gasteiger charge is 2.36. The molecule has 0 saturated carbocycles. The van der Waals surface area contributed by atoms with E-state index >= 15 is 0 Å². The van der Waals surface area contributed by atoms with Gasteiger partial charge in [-0.3, -0.25) is 4.79 Å². The molecule has 7 nitrogen and oxygen atoms in total. The number of sulfonamides is 1. The number of halogens is 1. The van der Waals surface area contributed by atoms with Gasteiger partial charge < -0.3 is 9.84 Å². The van der Waals surface area contributed by atoms with Crippen LogP contribution < -0.4 is 5.32 Å². The van der Waals surface area contributed by atoms with Gasteiger partial charge >= 0.3 is 0 Å². The lowest BCUT2D eigenvalue weighted by atomic mass is 9.97. The van der Waals surface area contributed by atoms with E-state index < -0.39 is 10.0 Å². The monoisotopic (exact) mass is 541 g/mol. The lowest BCUT2D eigenvalue weighted by molar-refractivity contribution is -0.120. The van der Waals surface area contributed by atoms with Crippen LogP contribution in [0.3, 0.4) is 0 Å². The highest BCUT2D eigenvalue weighted by Crippen LogP contribution is 2.31. The van der Waals surface area contributed by atoms with Crippen LogP contribution in [0.1, 0.15) is 52.1 Å². The maximum atomic E-state index is 13.6. The summed E-state index contributed by atoms with van der Waals surface area (Å²) in [6.45, 7) is 10.0. The molecule has 0 spiro atoms. The largest absolute Gasteiger partial charge is 0.355 e. The molecule has 0 radical (unpaired) electrons. The highest BCUT2D eigenvalue weighted by atomic mass is 35.5. The van der Waals surface area contributed by atoms with E-state index in [1.54, 1.807) is 25.1 Å². The van der Waals surface area contributed by atoms with Gasteiger partial charge in [0.25, 0.3) is 0 Å². The fraction of sp³-hybridized carbons (Fsp3) is 0.357. The second-order valence-electron chi connectivity index (χ2n) is 9.69. The fourth-order valence-electron chi connectivity index (χ4n) is 4.88. The molecule has 1 aliphatic heterocycles. The summed E-state index contributed by atoms with van der Waals surface area (Å²) in [6, 6.07) is 9.54. The van der Waals surface area contributed by atoms with Crippen molar-refractivity contribution in [3.05, 3.63) is 74.6 Å². The van der Waals surface area contributed by atoms with E-state index in [0.29, 0.717) is 29.2 Å². The molecule has 2 heterocycles. The van der Waals surface area contributed by atoms with E-state index in [0.717, 1.165) is 22.3 Å².